The van der Waals surface area contributed by atoms with Gasteiger partial charge in [-0.05, 0) is 63.6 Å². The summed E-state index contributed by atoms with van der Waals surface area (Å²) in [6, 6.07) is 11.2. The van der Waals surface area contributed by atoms with Gasteiger partial charge in [0.1, 0.15) is 5.75 Å². The van der Waals surface area contributed by atoms with Crippen molar-refractivity contribution in [3.63, 3.8) is 0 Å². The van der Waals surface area contributed by atoms with Gasteiger partial charge in [0.05, 0.1) is 69.8 Å². The van der Waals surface area contributed by atoms with Crippen LogP contribution in [0.5, 0.6) is 5.75 Å². The van der Waals surface area contributed by atoms with Gasteiger partial charge < -0.3 is 29.6 Å². The van der Waals surface area contributed by atoms with Gasteiger partial charge in [-0.15, -0.1) is 0 Å². The second-order valence-electron chi connectivity index (χ2n) is 10.5. The minimum Gasteiger partial charge on any atom is -0.497 e. The maximum atomic E-state index is 12.9. The largest absolute Gasteiger partial charge is 0.497 e. The molecule has 0 saturated carbocycles. The van der Waals surface area contributed by atoms with Crippen molar-refractivity contribution in [3.8, 4) is 5.75 Å². The van der Waals surface area contributed by atoms with E-state index in [1.807, 2.05) is 36.4 Å². The number of hydrogen-bond acceptors (Lipinski definition) is 12. The van der Waals surface area contributed by atoms with Gasteiger partial charge in [-0.3, -0.25) is 29.0 Å². The predicted molar refractivity (Wildman–Crippen MR) is 180 cm³/mol. The molecule has 1 amide bonds. The van der Waals surface area contributed by atoms with E-state index in [0.29, 0.717) is 30.3 Å². The maximum Gasteiger partial charge on any atom is 0.320 e. The first-order chi connectivity index (χ1) is 22.7. The normalized spacial score (nSPS) is 11.1. The Balaban J connectivity index is 1.60. The summed E-state index contributed by atoms with van der Waals surface area (Å²) >= 11 is 6.23. The van der Waals surface area contributed by atoms with Gasteiger partial charge in [0, 0.05) is 42.0 Å². The molecule has 0 aliphatic heterocycles. The molecule has 47 heavy (non-hydrogen) atoms. The number of nitrogens with one attached hydrogen (secondary N) is 2. The van der Waals surface area contributed by atoms with E-state index in [9.17, 15) is 19.2 Å². The van der Waals surface area contributed by atoms with Gasteiger partial charge in [-0.25, -0.2) is 4.98 Å². The van der Waals surface area contributed by atoms with Crippen molar-refractivity contribution in [1.29, 1.82) is 0 Å². The summed E-state index contributed by atoms with van der Waals surface area (Å²) in [6.45, 7) is 6.56. The molecule has 2 N–H and O–H groups in total. The van der Waals surface area contributed by atoms with Gasteiger partial charge in [0.15, 0.2) is 0 Å². The zero-order valence-electron chi connectivity index (χ0n) is 27.4. The van der Waals surface area contributed by atoms with Crippen molar-refractivity contribution in [2.45, 2.75) is 27.2 Å². The molecule has 1 aromatic heterocycles. The molecule has 0 aliphatic carbocycles. The van der Waals surface area contributed by atoms with Crippen LogP contribution in [-0.4, -0.2) is 118 Å². The van der Waals surface area contributed by atoms with Crippen LogP contribution in [0.15, 0.2) is 36.4 Å². The van der Waals surface area contributed by atoms with Crippen LogP contribution in [0.4, 0.5) is 5.69 Å². The van der Waals surface area contributed by atoms with Crippen LogP contribution < -0.4 is 15.4 Å². The first kappa shape index (κ1) is 37.3. The van der Waals surface area contributed by atoms with E-state index < -0.39 is 17.9 Å². The highest BCUT2D eigenvalue weighted by atomic mass is 35.5. The fourth-order valence-electron chi connectivity index (χ4n) is 4.88. The fraction of sp³-hybridized carbons (Fsp3) is 0.485. The van der Waals surface area contributed by atoms with Gasteiger partial charge in [-0.1, -0.05) is 11.6 Å². The summed E-state index contributed by atoms with van der Waals surface area (Å²) < 4.78 is 20.6. The number of amides is 1. The average Bonchev–Trinajstić information content (AvgIpc) is 3.02. The highest BCUT2D eigenvalue weighted by Crippen LogP contribution is 2.34. The molecule has 256 valence electrons. The smallest absolute Gasteiger partial charge is 0.320 e. The quantitative estimate of drug-likeness (QED) is 0.0785. The lowest BCUT2D eigenvalue weighted by Crippen LogP contribution is -2.46. The van der Waals surface area contributed by atoms with Crippen LogP contribution >= 0.6 is 11.6 Å². The molecular formula is C33H44ClN5O8. The topological polar surface area (TPSA) is 149 Å². The molecule has 0 fully saturated rings. The van der Waals surface area contributed by atoms with Crippen molar-refractivity contribution in [2.75, 3.05) is 84.6 Å². The molecular weight excluding hydrogens is 630 g/mol. The third kappa shape index (κ3) is 12.2. The summed E-state index contributed by atoms with van der Waals surface area (Å²) in [5.41, 5.74) is 2.44. The third-order valence-corrected chi connectivity index (χ3v) is 7.23. The number of pyridine rings is 1. The lowest BCUT2D eigenvalue weighted by Gasteiger charge is -2.25. The zero-order valence-corrected chi connectivity index (χ0v) is 28.2. The zero-order chi connectivity index (χ0) is 34.2. The monoisotopic (exact) mass is 673 g/mol. The molecule has 0 aliphatic rings. The second kappa shape index (κ2) is 19.5. The number of halogens is 1. The Hall–Kier alpha value is -4.20. The number of fused-ring (bicyclic) bond motifs is 2. The number of carbonyl (C=O) groups is 4. The van der Waals surface area contributed by atoms with E-state index in [1.165, 1.54) is 0 Å². The molecule has 2 aromatic carbocycles. The highest BCUT2D eigenvalue weighted by molar-refractivity contribution is 6.31. The first-order valence-corrected chi connectivity index (χ1v) is 16.0. The Kier molecular flexibility index (Phi) is 15.4. The van der Waals surface area contributed by atoms with Crippen LogP contribution in [0, 0.1) is 0 Å². The first-order valence-electron chi connectivity index (χ1n) is 15.7. The molecule has 0 radical (unpaired) electrons. The van der Waals surface area contributed by atoms with Gasteiger partial charge in [0.2, 0.25) is 5.91 Å². The molecule has 13 nitrogen and oxygen atoms in total. The lowest BCUT2D eigenvalue weighted by atomic mass is 10.1. The summed E-state index contributed by atoms with van der Waals surface area (Å²) in [4.78, 5) is 57.4. The van der Waals surface area contributed by atoms with Crippen molar-refractivity contribution < 1.29 is 38.1 Å². The van der Waals surface area contributed by atoms with E-state index in [4.69, 9.17) is 35.5 Å². The number of carbonyl (C=O) groups excluding carboxylic acids is 4. The predicted octanol–water partition coefficient (Wildman–Crippen LogP) is 3.26. The molecule has 3 rings (SSSR count). The Bertz CT molecular complexity index is 1500. The Labute approximate surface area is 279 Å². The Morgan fingerprint density at radius 3 is 1.91 bits per heavy atom. The number of hydrogen-bond donors (Lipinski definition) is 2. The number of rotatable bonds is 20. The van der Waals surface area contributed by atoms with E-state index in [2.05, 4.69) is 10.6 Å². The summed E-state index contributed by atoms with van der Waals surface area (Å²) in [7, 11) is 1.61. The highest BCUT2D eigenvalue weighted by Gasteiger charge is 2.20. The van der Waals surface area contributed by atoms with E-state index >= 15 is 0 Å². The van der Waals surface area contributed by atoms with Crippen LogP contribution in [0.25, 0.3) is 21.8 Å². The number of aromatic nitrogens is 1. The summed E-state index contributed by atoms with van der Waals surface area (Å²) in [5, 5.41) is 8.80. The van der Waals surface area contributed by atoms with Crippen molar-refractivity contribution >= 4 is 62.9 Å². The van der Waals surface area contributed by atoms with Gasteiger partial charge in [0.25, 0.3) is 0 Å². The lowest BCUT2D eigenvalue weighted by molar-refractivity contribution is -0.149. The number of esters is 3. The standard InChI is InChI=1S/C33H44ClN5O8/c1-5-45-30(41)20-38(15-16-39(21-31(42)46-6-2)22-32(43)47-7-3)19-29(40)35-13-8-14-36-33-25-11-9-23(34)17-28(25)37-27-12-10-24(44-4)18-26(27)33/h9-12,17-18H,5-8,13-16,19-22H2,1-4H3,(H,35,40)(H,36,37). The maximum absolute atomic E-state index is 12.9. The molecule has 0 saturated heterocycles. The molecule has 3 aromatic rings. The Morgan fingerprint density at radius 2 is 1.34 bits per heavy atom. The van der Waals surface area contributed by atoms with E-state index in [0.717, 1.165) is 27.5 Å². The Morgan fingerprint density at radius 1 is 0.745 bits per heavy atom. The van der Waals surface area contributed by atoms with E-state index in [1.54, 1.807) is 37.7 Å². The average molecular weight is 674 g/mol. The number of methoxy groups -OCH3 is 1. The van der Waals surface area contributed by atoms with Gasteiger partial charge in [-0.2, -0.15) is 0 Å². The second-order valence-corrected chi connectivity index (χ2v) is 10.9. The molecule has 14 heteroatoms. The van der Waals surface area contributed by atoms with Crippen LogP contribution in [0.1, 0.15) is 27.2 Å². The summed E-state index contributed by atoms with van der Waals surface area (Å²) in [5.74, 6) is -1.04. The molecule has 0 spiro atoms. The summed E-state index contributed by atoms with van der Waals surface area (Å²) in [6.07, 6.45) is 0.610. The number of ether oxygens (including phenoxy) is 4. The number of anilines is 1. The van der Waals surface area contributed by atoms with Crippen LogP contribution in [-0.2, 0) is 33.4 Å². The number of nitrogens with zero attached hydrogens (tertiary/aromatic N) is 3. The minimum absolute atomic E-state index is 0.0842. The van der Waals surface area contributed by atoms with E-state index in [-0.39, 0.29) is 65.0 Å². The molecule has 0 unspecified atom stereocenters. The van der Waals surface area contributed by atoms with Crippen molar-refractivity contribution in [2.24, 2.45) is 0 Å². The minimum atomic E-state index is -0.490. The van der Waals surface area contributed by atoms with Crippen molar-refractivity contribution in [1.82, 2.24) is 20.1 Å². The van der Waals surface area contributed by atoms with Gasteiger partial charge >= 0.3 is 17.9 Å². The fourth-order valence-corrected chi connectivity index (χ4v) is 5.05. The van der Waals surface area contributed by atoms with Crippen molar-refractivity contribution in [3.05, 3.63) is 41.4 Å². The van der Waals surface area contributed by atoms with Crippen LogP contribution in [0.2, 0.25) is 5.02 Å². The van der Waals surface area contributed by atoms with Crippen LogP contribution in [0.3, 0.4) is 0 Å². The molecule has 1 heterocycles. The SMILES string of the molecule is CCOC(=O)CN(CCN(CC(=O)OCC)CC(=O)OCC)CC(=O)NCCCNc1c2ccc(Cl)cc2nc2ccc(OC)cc12. The third-order valence-electron chi connectivity index (χ3n) is 6.99. The number of benzene rings is 2. The molecule has 0 atom stereocenters. The molecule has 0 bridgehead atoms.